The fourth-order valence-corrected chi connectivity index (χ4v) is 7.15. The molecule has 0 atom stereocenters. The Morgan fingerprint density at radius 1 is 0.647 bits per heavy atom. The third-order valence-electron chi connectivity index (χ3n) is 3.58. The van der Waals surface area contributed by atoms with Crippen molar-refractivity contribution in [3.8, 4) is 0 Å². The quantitative estimate of drug-likeness (QED) is 0.319. The number of hydrogen-bond donors (Lipinski definition) is 0. The maximum atomic E-state index is 6.45. The average molecular weight is 259 g/mol. The van der Waals surface area contributed by atoms with Crippen LogP contribution in [0.25, 0.3) is 0 Å². The van der Waals surface area contributed by atoms with Crippen LogP contribution in [0.5, 0.6) is 0 Å². The summed E-state index contributed by atoms with van der Waals surface area (Å²) in [5.41, 5.74) is 0. The maximum Gasteiger partial charge on any atom is 0.192 e. The molecule has 104 valence electrons. The third kappa shape index (κ3) is 7.99. The molecule has 0 aliphatic rings. The van der Waals surface area contributed by atoms with Gasteiger partial charge in [0.15, 0.2) is 8.32 Å². The van der Waals surface area contributed by atoms with Crippen LogP contribution in [0.4, 0.5) is 0 Å². The molecule has 0 N–H and O–H groups in total. The van der Waals surface area contributed by atoms with E-state index in [0.717, 1.165) is 6.61 Å². The van der Waals surface area contributed by atoms with Gasteiger partial charge in [-0.2, -0.15) is 0 Å². The Morgan fingerprint density at radius 3 is 1.59 bits per heavy atom. The van der Waals surface area contributed by atoms with Crippen molar-refractivity contribution in [1.82, 2.24) is 0 Å². The highest BCUT2D eigenvalue weighted by atomic mass is 28.4. The summed E-state index contributed by atoms with van der Waals surface area (Å²) in [4.78, 5) is 0. The normalized spacial score (nSPS) is 12.0. The van der Waals surface area contributed by atoms with Gasteiger partial charge in [-0.05, 0) is 24.6 Å². The highest BCUT2D eigenvalue weighted by Gasteiger charge is 2.32. The Labute approximate surface area is 110 Å². The van der Waals surface area contributed by atoms with Crippen molar-refractivity contribution in [2.75, 3.05) is 6.61 Å². The Bertz CT molecular complexity index is 151. The van der Waals surface area contributed by atoms with E-state index in [4.69, 9.17) is 4.43 Å². The Morgan fingerprint density at radius 2 is 1.18 bits per heavy atom. The molecule has 0 aliphatic heterocycles. The lowest BCUT2D eigenvalue weighted by atomic mass is 10.4. The zero-order valence-corrected chi connectivity index (χ0v) is 13.7. The van der Waals surface area contributed by atoms with E-state index < -0.39 is 8.32 Å². The predicted molar refractivity (Wildman–Crippen MR) is 81.1 cm³/mol. The van der Waals surface area contributed by atoms with E-state index in [-0.39, 0.29) is 0 Å². The molecule has 0 amide bonds. The van der Waals surface area contributed by atoms with Gasteiger partial charge in [0.2, 0.25) is 0 Å². The summed E-state index contributed by atoms with van der Waals surface area (Å²) in [5.74, 6) is 0. The van der Waals surface area contributed by atoms with Crippen LogP contribution in [-0.4, -0.2) is 14.9 Å². The van der Waals surface area contributed by atoms with Gasteiger partial charge in [-0.1, -0.05) is 66.2 Å². The first-order valence-electron chi connectivity index (χ1n) is 7.88. The molecular formula is C15H34OSi. The largest absolute Gasteiger partial charge is 0.417 e. The van der Waals surface area contributed by atoms with E-state index in [1.165, 1.54) is 63.1 Å². The first-order valence-corrected chi connectivity index (χ1v) is 10.4. The van der Waals surface area contributed by atoms with Crippen molar-refractivity contribution < 1.29 is 4.43 Å². The molecule has 0 rings (SSSR count). The van der Waals surface area contributed by atoms with Crippen molar-refractivity contribution in [3.05, 3.63) is 0 Å². The van der Waals surface area contributed by atoms with Gasteiger partial charge in [0.25, 0.3) is 0 Å². The van der Waals surface area contributed by atoms with Crippen LogP contribution in [0.2, 0.25) is 18.1 Å². The zero-order valence-electron chi connectivity index (χ0n) is 12.7. The molecule has 17 heavy (non-hydrogen) atoms. The average Bonchev–Trinajstić information content (AvgIpc) is 2.34. The van der Waals surface area contributed by atoms with Gasteiger partial charge in [-0.3, -0.25) is 0 Å². The molecule has 0 heterocycles. The second-order valence-corrected chi connectivity index (χ2v) is 9.50. The molecule has 0 bridgehead atoms. The summed E-state index contributed by atoms with van der Waals surface area (Å²) in [6.07, 6.45) is 9.22. The summed E-state index contributed by atoms with van der Waals surface area (Å²) in [6.45, 7) is 10.2. The van der Waals surface area contributed by atoms with Gasteiger partial charge in [-0.25, -0.2) is 0 Å². The first kappa shape index (κ1) is 17.2. The molecule has 0 aliphatic carbocycles. The van der Waals surface area contributed by atoms with E-state index in [9.17, 15) is 0 Å². The molecule has 0 spiro atoms. The molecule has 0 unspecified atom stereocenters. The lowest BCUT2D eigenvalue weighted by Crippen LogP contribution is -2.38. The molecule has 0 aromatic heterocycles. The Balaban J connectivity index is 4.32. The molecule has 0 saturated carbocycles. The predicted octanol–water partition coefficient (Wildman–Crippen LogP) is 5.76. The lowest BCUT2D eigenvalue weighted by molar-refractivity contribution is 0.287. The van der Waals surface area contributed by atoms with Crippen LogP contribution in [0.15, 0.2) is 0 Å². The van der Waals surface area contributed by atoms with Crippen molar-refractivity contribution in [3.63, 3.8) is 0 Å². The van der Waals surface area contributed by atoms with Crippen LogP contribution in [0.1, 0.15) is 72.6 Å². The van der Waals surface area contributed by atoms with E-state index in [1.54, 1.807) is 0 Å². The SMILES string of the molecule is CCCCO[Si](CCC)(CCCC)CCCC. The summed E-state index contributed by atoms with van der Waals surface area (Å²) < 4.78 is 6.45. The molecule has 1 nitrogen and oxygen atoms in total. The maximum absolute atomic E-state index is 6.45. The molecule has 0 saturated heterocycles. The summed E-state index contributed by atoms with van der Waals surface area (Å²) >= 11 is 0. The minimum absolute atomic E-state index is 1.02. The number of hydrogen-bond acceptors (Lipinski definition) is 1. The summed E-state index contributed by atoms with van der Waals surface area (Å²) in [5, 5.41) is 0. The monoisotopic (exact) mass is 258 g/mol. The highest BCUT2D eigenvalue weighted by molar-refractivity contribution is 6.73. The van der Waals surface area contributed by atoms with E-state index >= 15 is 0 Å². The lowest BCUT2D eigenvalue weighted by Gasteiger charge is -2.31. The standard InChI is InChI=1S/C15H34OSi/c1-5-9-12-16-17(13-8-4,14-10-6-2)15-11-7-3/h5-15H2,1-4H3. The molecular weight excluding hydrogens is 224 g/mol. The number of rotatable bonds is 12. The summed E-state index contributed by atoms with van der Waals surface area (Å²) in [6, 6.07) is 4.19. The van der Waals surface area contributed by atoms with Crippen LogP contribution in [0.3, 0.4) is 0 Å². The van der Waals surface area contributed by atoms with Crippen LogP contribution in [0, 0.1) is 0 Å². The van der Waals surface area contributed by atoms with Crippen molar-refractivity contribution in [2.24, 2.45) is 0 Å². The third-order valence-corrected chi connectivity index (χ3v) is 8.34. The number of unbranched alkanes of at least 4 members (excludes halogenated alkanes) is 3. The Hall–Kier alpha value is 0.177. The molecule has 2 heteroatoms. The van der Waals surface area contributed by atoms with Gasteiger partial charge < -0.3 is 4.43 Å². The topological polar surface area (TPSA) is 9.23 Å². The van der Waals surface area contributed by atoms with Crippen LogP contribution < -0.4 is 0 Å². The summed E-state index contributed by atoms with van der Waals surface area (Å²) in [7, 11) is -1.37. The van der Waals surface area contributed by atoms with Gasteiger partial charge >= 0.3 is 0 Å². The van der Waals surface area contributed by atoms with Crippen molar-refractivity contribution in [2.45, 2.75) is 90.8 Å². The smallest absolute Gasteiger partial charge is 0.192 e. The Kier molecular flexibility index (Phi) is 11.4. The van der Waals surface area contributed by atoms with Crippen molar-refractivity contribution >= 4 is 8.32 Å². The minimum atomic E-state index is -1.37. The van der Waals surface area contributed by atoms with Crippen LogP contribution in [-0.2, 0) is 4.43 Å². The van der Waals surface area contributed by atoms with Crippen molar-refractivity contribution in [1.29, 1.82) is 0 Å². The van der Waals surface area contributed by atoms with Gasteiger partial charge in [0.05, 0.1) is 0 Å². The molecule has 0 aromatic rings. The highest BCUT2D eigenvalue weighted by Crippen LogP contribution is 2.29. The molecule has 0 fully saturated rings. The molecule has 0 radical (unpaired) electrons. The van der Waals surface area contributed by atoms with E-state index in [2.05, 4.69) is 27.7 Å². The first-order chi connectivity index (χ1) is 8.24. The second-order valence-electron chi connectivity index (χ2n) is 5.34. The fourth-order valence-electron chi connectivity index (χ4n) is 2.48. The zero-order chi connectivity index (χ0) is 13.0. The molecule has 0 aromatic carbocycles. The van der Waals surface area contributed by atoms with E-state index in [0.29, 0.717) is 0 Å². The van der Waals surface area contributed by atoms with Crippen LogP contribution >= 0.6 is 0 Å². The van der Waals surface area contributed by atoms with Gasteiger partial charge in [0.1, 0.15) is 0 Å². The van der Waals surface area contributed by atoms with E-state index in [1.807, 2.05) is 0 Å². The minimum Gasteiger partial charge on any atom is -0.417 e. The fraction of sp³-hybridized carbons (Fsp3) is 1.00. The van der Waals surface area contributed by atoms with Gasteiger partial charge in [0, 0.05) is 6.61 Å². The second kappa shape index (κ2) is 11.3. The van der Waals surface area contributed by atoms with Gasteiger partial charge in [-0.15, -0.1) is 0 Å².